The van der Waals surface area contributed by atoms with Gasteiger partial charge in [-0.1, -0.05) is 41.9 Å². The van der Waals surface area contributed by atoms with Crippen LogP contribution in [0.15, 0.2) is 78.0 Å². The van der Waals surface area contributed by atoms with E-state index in [1.165, 1.54) is 11.6 Å². The third-order valence-electron chi connectivity index (χ3n) is 4.66. The number of hydrogen-bond donors (Lipinski definition) is 0. The summed E-state index contributed by atoms with van der Waals surface area (Å²) in [4.78, 5) is 4.28. The molecular weight excluding hydrogens is 368 g/mol. The number of fused-ring (bicyclic) bond motifs is 1. The Morgan fingerprint density at radius 3 is 2.54 bits per heavy atom. The van der Waals surface area contributed by atoms with Crippen LogP contribution in [0.5, 0.6) is 0 Å². The fourth-order valence-electron chi connectivity index (χ4n) is 3.46. The maximum absolute atomic E-state index is 13.4. The van der Waals surface area contributed by atoms with Crippen LogP contribution in [0, 0.1) is 0 Å². The quantitative estimate of drug-likeness (QED) is 0.683. The van der Waals surface area contributed by atoms with E-state index < -0.39 is 10.0 Å². The Morgan fingerprint density at radius 2 is 1.77 bits per heavy atom. The molecule has 0 aliphatic carbocycles. The molecule has 1 aliphatic rings. The van der Waals surface area contributed by atoms with Gasteiger partial charge < -0.3 is 0 Å². The zero-order chi connectivity index (χ0) is 18.1. The summed E-state index contributed by atoms with van der Waals surface area (Å²) in [6.07, 6.45) is 4.06. The van der Waals surface area contributed by atoms with Gasteiger partial charge in [0.1, 0.15) is 0 Å². The molecule has 0 spiro atoms. The number of hydrogen-bond acceptors (Lipinski definition) is 3. The summed E-state index contributed by atoms with van der Waals surface area (Å²) >= 11 is 6.03. The molecule has 4 rings (SSSR count). The van der Waals surface area contributed by atoms with Gasteiger partial charge in [0.15, 0.2) is 0 Å². The molecule has 2 aromatic carbocycles. The average Bonchev–Trinajstić information content (AvgIpc) is 2.67. The second kappa shape index (κ2) is 6.83. The van der Waals surface area contributed by atoms with E-state index in [-0.39, 0.29) is 10.9 Å². The van der Waals surface area contributed by atoms with Crippen LogP contribution in [0.4, 0.5) is 0 Å². The van der Waals surface area contributed by atoms with Crippen molar-refractivity contribution in [2.45, 2.75) is 17.4 Å². The van der Waals surface area contributed by atoms with E-state index in [0.717, 1.165) is 11.1 Å². The maximum Gasteiger partial charge on any atom is 0.244 e. The molecule has 0 fully saturated rings. The first-order valence-electron chi connectivity index (χ1n) is 8.32. The van der Waals surface area contributed by atoms with E-state index in [0.29, 0.717) is 18.0 Å². The SMILES string of the molecule is O=S(=O)(c1cccc(Cl)c1)N1CCc2ccccc2C1c1ccncc1. The molecular formula is C20H17ClN2O2S. The normalized spacial score (nSPS) is 17.7. The van der Waals surface area contributed by atoms with Gasteiger partial charge in [0, 0.05) is 24.0 Å². The van der Waals surface area contributed by atoms with Gasteiger partial charge in [0.2, 0.25) is 10.0 Å². The molecule has 0 radical (unpaired) electrons. The topological polar surface area (TPSA) is 50.3 Å². The van der Waals surface area contributed by atoms with Crippen LogP contribution in [-0.2, 0) is 16.4 Å². The molecule has 1 aromatic heterocycles. The molecule has 4 nitrogen and oxygen atoms in total. The van der Waals surface area contributed by atoms with Crippen molar-refractivity contribution in [3.8, 4) is 0 Å². The predicted octanol–water partition coefficient (Wildman–Crippen LogP) is 4.07. The molecule has 0 bridgehead atoms. The molecule has 0 amide bonds. The van der Waals surface area contributed by atoms with E-state index in [1.54, 1.807) is 34.9 Å². The first-order chi connectivity index (χ1) is 12.6. The second-order valence-corrected chi connectivity index (χ2v) is 8.53. The van der Waals surface area contributed by atoms with E-state index >= 15 is 0 Å². The van der Waals surface area contributed by atoms with Crippen molar-refractivity contribution >= 4 is 21.6 Å². The van der Waals surface area contributed by atoms with Crippen molar-refractivity contribution in [2.24, 2.45) is 0 Å². The molecule has 0 saturated carbocycles. The van der Waals surface area contributed by atoms with Gasteiger partial charge in [-0.15, -0.1) is 0 Å². The summed E-state index contributed by atoms with van der Waals surface area (Å²) in [5.41, 5.74) is 3.08. The molecule has 0 saturated heterocycles. The minimum absolute atomic E-state index is 0.212. The number of aromatic nitrogens is 1. The van der Waals surface area contributed by atoms with Crippen molar-refractivity contribution in [3.63, 3.8) is 0 Å². The Morgan fingerprint density at radius 1 is 1.00 bits per heavy atom. The van der Waals surface area contributed by atoms with Crippen LogP contribution < -0.4 is 0 Å². The van der Waals surface area contributed by atoms with Crippen molar-refractivity contribution in [1.29, 1.82) is 0 Å². The minimum Gasteiger partial charge on any atom is -0.265 e. The average molecular weight is 385 g/mol. The largest absolute Gasteiger partial charge is 0.265 e. The predicted molar refractivity (Wildman–Crippen MR) is 102 cm³/mol. The third kappa shape index (κ3) is 3.03. The molecule has 3 aromatic rings. The molecule has 1 unspecified atom stereocenters. The zero-order valence-electron chi connectivity index (χ0n) is 13.9. The Hall–Kier alpha value is -2.21. The summed E-state index contributed by atoms with van der Waals surface area (Å²) < 4.78 is 28.3. The Balaban J connectivity index is 1.87. The van der Waals surface area contributed by atoms with Gasteiger partial charge >= 0.3 is 0 Å². The number of nitrogens with zero attached hydrogens (tertiary/aromatic N) is 2. The highest BCUT2D eigenvalue weighted by Crippen LogP contribution is 2.38. The smallest absolute Gasteiger partial charge is 0.244 e. The lowest BCUT2D eigenvalue weighted by Crippen LogP contribution is -2.40. The van der Waals surface area contributed by atoms with Crippen molar-refractivity contribution in [1.82, 2.24) is 9.29 Å². The zero-order valence-corrected chi connectivity index (χ0v) is 15.5. The lowest BCUT2D eigenvalue weighted by molar-refractivity contribution is 0.344. The summed E-state index contributed by atoms with van der Waals surface area (Å²) in [5, 5.41) is 0.406. The maximum atomic E-state index is 13.4. The first-order valence-corrected chi connectivity index (χ1v) is 10.1. The summed E-state index contributed by atoms with van der Waals surface area (Å²) in [5.74, 6) is 0. The van der Waals surface area contributed by atoms with Gasteiger partial charge in [-0.3, -0.25) is 4.98 Å². The number of halogens is 1. The van der Waals surface area contributed by atoms with E-state index in [4.69, 9.17) is 11.6 Å². The van der Waals surface area contributed by atoms with Crippen LogP contribution in [0.25, 0.3) is 0 Å². The van der Waals surface area contributed by atoms with E-state index in [2.05, 4.69) is 11.1 Å². The Kier molecular flexibility index (Phi) is 4.53. The van der Waals surface area contributed by atoms with Crippen molar-refractivity contribution in [2.75, 3.05) is 6.54 Å². The Bertz CT molecular complexity index is 1040. The molecule has 6 heteroatoms. The standard InChI is InChI=1S/C20H17ClN2O2S/c21-17-5-3-6-18(14-17)26(24,25)23-13-10-15-4-1-2-7-19(15)20(23)16-8-11-22-12-9-16/h1-9,11-12,14,20H,10,13H2. The van der Waals surface area contributed by atoms with Crippen LogP contribution in [0.3, 0.4) is 0 Å². The van der Waals surface area contributed by atoms with Crippen molar-refractivity contribution < 1.29 is 8.42 Å². The van der Waals surface area contributed by atoms with Gasteiger partial charge in [0.25, 0.3) is 0 Å². The highest BCUT2D eigenvalue weighted by atomic mass is 35.5. The van der Waals surface area contributed by atoms with Gasteiger partial charge in [0.05, 0.1) is 10.9 Å². The lowest BCUT2D eigenvalue weighted by atomic mass is 9.90. The molecule has 132 valence electrons. The lowest BCUT2D eigenvalue weighted by Gasteiger charge is -2.36. The summed E-state index contributed by atoms with van der Waals surface area (Å²) in [6, 6.07) is 17.8. The second-order valence-electron chi connectivity index (χ2n) is 6.21. The van der Waals surface area contributed by atoms with Crippen LogP contribution in [0.1, 0.15) is 22.7 Å². The fraction of sp³-hybridized carbons (Fsp3) is 0.150. The van der Waals surface area contributed by atoms with Crippen LogP contribution in [-0.4, -0.2) is 24.3 Å². The van der Waals surface area contributed by atoms with E-state index in [1.807, 2.05) is 30.3 Å². The molecule has 1 aliphatic heterocycles. The third-order valence-corrected chi connectivity index (χ3v) is 6.76. The minimum atomic E-state index is -3.70. The number of benzene rings is 2. The molecule has 0 N–H and O–H groups in total. The fourth-order valence-corrected chi connectivity index (χ4v) is 5.35. The molecule has 1 atom stereocenters. The van der Waals surface area contributed by atoms with Crippen molar-refractivity contribution in [3.05, 3.63) is 94.8 Å². The summed E-state index contributed by atoms with van der Waals surface area (Å²) in [7, 11) is -3.70. The van der Waals surface area contributed by atoms with E-state index in [9.17, 15) is 8.42 Å². The molecule has 26 heavy (non-hydrogen) atoms. The monoisotopic (exact) mass is 384 g/mol. The first kappa shape index (κ1) is 17.2. The van der Waals surface area contributed by atoms with Gasteiger partial charge in [-0.25, -0.2) is 8.42 Å². The number of pyridine rings is 1. The van der Waals surface area contributed by atoms with Crippen LogP contribution >= 0.6 is 11.6 Å². The highest BCUT2D eigenvalue weighted by Gasteiger charge is 2.37. The van der Waals surface area contributed by atoms with Crippen LogP contribution in [0.2, 0.25) is 5.02 Å². The number of rotatable bonds is 3. The summed E-state index contributed by atoms with van der Waals surface area (Å²) in [6.45, 7) is 0.416. The van der Waals surface area contributed by atoms with Gasteiger partial charge in [-0.2, -0.15) is 4.31 Å². The van der Waals surface area contributed by atoms with Gasteiger partial charge in [-0.05, 0) is 53.4 Å². The Labute approximate surface area is 158 Å². The number of sulfonamides is 1. The molecule has 2 heterocycles. The highest BCUT2D eigenvalue weighted by molar-refractivity contribution is 7.89.